The Labute approximate surface area is 227 Å². The molecule has 6 heterocycles. The van der Waals surface area contributed by atoms with Crippen LogP contribution in [0.1, 0.15) is 32.1 Å². The lowest BCUT2D eigenvalue weighted by atomic mass is 10.2. The highest BCUT2D eigenvalue weighted by atomic mass is 16.5. The number of rotatable bonds is 10. The number of carbonyl (C=O) groups excluding carboxylic acids is 2. The molecule has 0 unspecified atom stereocenters. The number of nitrogens with one attached hydrogen (secondary N) is 1. The Morgan fingerprint density at radius 3 is 2.33 bits per heavy atom. The summed E-state index contributed by atoms with van der Waals surface area (Å²) in [6.07, 6.45) is 7.56. The van der Waals surface area contributed by atoms with E-state index in [2.05, 4.69) is 20.2 Å². The van der Waals surface area contributed by atoms with E-state index in [9.17, 15) is 9.59 Å². The van der Waals surface area contributed by atoms with E-state index in [1.165, 1.54) is 0 Å². The molecule has 0 aromatic carbocycles. The van der Waals surface area contributed by atoms with E-state index in [1.54, 1.807) is 6.33 Å². The first kappa shape index (κ1) is 25.5. The number of imidazole rings is 1. The molecule has 3 fully saturated rings. The van der Waals surface area contributed by atoms with Crippen LogP contribution >= 0.6 is 0 Å². The van der Waals surface area contributed by atoms with Gasteiger partial charge in [0.2, 0.25) is 11.8 Å². The van der Waals surface area contributed by atoms with Gasteiger partial charge in [0.05, 0.1) is 19.5 Å². The molecule has 0 spiro atoms. The second-order valence-electron chi connectivity index (χ2n) is 10.3. The van der Waals surface area contributed by atoms with Crippen molar-refractivity contribution in [3.63, 3.8) is 0 Å². The van der Waals surface area contributed by atoms with Crippen molar-refractivity contribution in [3.8, 4) is 11.4 Å². The monoisotopic (exact) mass is 533 g/mol. The van der Waals surface area contributed by atoms with Crippen molar-refractivity contribution in [2.75, 3.05) is 69.2 Å². The zero-order valence-corrected chi connectivity index (χ0v) is 22.2. The van der Waals surface area contributed by atoms with Crippen molar-refractivity contribution < 1.29 is 14.3 Å². The van der Waals surface area contributed by atoms with Gasteiger partial charge in [-0.05, 0) is 31.4 Å². The van der Waals surface area contributed by atoms with Gasteiger partial charge in [-0.2, -0.15) is 0 Å². The van der Waals surface area contributed by atoms with Crippen molar-refractivity contribution in [1.29, 1.82) is 0 Å². The molecule has 1 N–H and O–H groups in total. The highest BCUT2D eigenvalue weighted by molar-refractivity contribution is 5.85. The summed E-state index contributed by atoms with van der Waals surface area (Å²) < 4.78 is 7.45. The molecule has 0 bridgehead atoms. The van der Waals surface area contributed by atoms with E-state index < -0.39 is 0 Å². The zero-order chi connectivity index (χ0) is 26.6. The molecular weight excluding hydrogens is 498 g/mol. The summed E-state index contributed by atoms with van der Waals surface area (Å²) in [5, 5.41) is 3.45. The molecule has 206 valence electrons. The van der Waals surface area contributed by atoms with Gasteiger partial charge < -0.3 is 29.3 Å². The first-order valence-corrected chi connectivity index (χ1v) is 14.0. The number of nitrogens with zero attached hydrogens (tertiary/aromatic N) is 8. The highest BCUT2D eigenvalue weighted by Crippen LogP contribution is 2.25. The summed E-state index contributed by atoms with van der Waals surface area (Å²) in [5.74, 6) is 2.60. The second kappa shape index (κ2) is 11.5. The average molecular weight is 534 g/mol. The normalized spacial score (nSPS) is 18.1. The molecule has 3 aromatic rings. The molecule has 3 saturated heterocycles. The number of ether oxygens (including phenoxy) is 1. The molecule has 2 amide bonds. The van der Waals surface area contributed by atoms with Crippen LogP contribution in [-0.2, 0) is 20.9 Å². The first-order chi connectivity index (χ1) is 19.2. The van der Waals surface area contributed by atoms with E-state index >= 15 is 0 Å². The molecule has 3 aromatic heterocycles. The average Bonchev–Trinajstić information content (AvgIpc) is 3.70. The van der Waals surface area contributed by atoms with Crippen LogP contribution in [0.15, 0.2) is 24.7 Å². The van der Waals surface area contributed by atoms with Gasteiger partial charge in [-0.25, -0.2) is 19.9 Å². The number of hydrogen-bond donors (Lipinski definition) is 1. The van der Waals surface area contributed by atoms with Crippen LogP contribution in [0.25, 0.3) is 22.6 Å². The van der Waals surface area contributed by atoms with Crippen LogP contribution in [-0.4, -0.2) is 105 Å². The minimum atomic E-state index is 0.208. The third kappa shape index (κ3) is 5.65. The lowest BCUT2D eigenvalue weighted by Crippen LogP contribution is -2.36. The van der Waals surface area contributed by atoms with Crippen molar-refractivity contribution >= 4 is 34.6 Å². The summed E-state index contributed by atoms with van der Waals surface area (Å²) in [4.78, 5) is 49.2. The molecule has 3 aliphatic rings. The number of fused-ring (bicyclic) bond motifs is 1. The number of aromatic nitrogens is 5. The lowest BCUT2D eigenvalue weighted by molar-refractivity contribution is -0.128. The maximum atomic E-state index is 12.1. The Kier molecular flexibility index (Phi) is 7.53. The van der Waals surface area contributed by atoms with Crippen LogP contribution in [0.5, 0.6) is 0 Å². The van der Waals surface area contributed by atoms with Crippen LogP contribution in [0.3, 0.4) is 0 Å². The Balaban J connectivity index is 1.23. The van der Waals surface area contributed by atoms with Gasteiger partial charge >= 0.3 is 0 Å². The number of hydrogen-bond acceptors (Lipinski definition) is 9. The quantitative estimate of drug-likeness (QED) is 0.389. The minimum Gasteiger partial charge on any atom is -0.378 e. The number of anilines is 2. The van der Waals surface area contributed by atoms with Crippen LogP contribution in [0, 0.1) is 0 Å². The number of carbonyl (C=O) groups is 2. The Bertz CT molecular complexity index is 1320. The topological polar surface area (TPSA) is 122 Å². The van der Waals surface area contributed by atoms with E-state index in [4.69, 9.17) is 14.7 Å². The molecule has 0 atom stereocenters. The molecule has 12 heteroatoms. The Hall–Kier alpha value is -3.80. The molecule has 12 nitrogen and oxygen atoms in total. The lowest BCUT2D eigenvalue weighted by Gasteiger charge is -2.27. The van der Waals surface area contributed by atoms with Crippen LogP contribution in [0.2, 0.25) is 0 Å². The van der Waals surface area contributed by atoms with Gasteiger partial charge in [-0.3, -0.25) is 9.59 Å². The van der Waals surface area contributed by atoms with Crippen molar-refractivity contribution in [1.82, 2.24) is 34.3 Å². The second-order valence-corrected chi connectivity index (χ2v) is 10.3. The smallest absolute Gasteiger partial charge is 0.222 e. The number of pyridine rings is 1. The van der Waals surface area contributed by atoms with E-state index in [-0.39, 0.29) is 11.8 Å². The van der Waals surface area contributed by atoms with Gasteiger partial charge in [0.15, 0.2) is 17.3 Å². The predicted octanol–water partition coefficient (Wildman–Crippen LogP) is 1.77. The molecule has 39 heavy (non-hydrogen) atoms. The van der Waals surface area contributed by atoms with Gasteiger partial charge in [-0.1, -0.05) is 0 Å². The number of morpholine rings is 1. The molecule has 0 saturated carbocycles. The third-order valence-corrected chi connectivity index (χ3v) is 7.66. The molecular formula is C27H35N9O3. The molecule has 6 rings (SSSR count). The summed E-state index contributed by atoms with van der Waals surface area (Å²) in [6.45, 7) is 7.35. The summed E-state index contributed by atoms with van der Waals surface area (Å²) in [7, 11) is 0. The van der Waals surface area contributed by atoms with E-state index in [1.807, 2.05) is 32.7 Å². The van der Waals surface area contributed by atoms with Gasteiger partial charge in [0.25, 0.3) is 0 Å². The SMILES string of the molecule is O=C1CCCN1CCCNc1nc(-c2ccc(N3CCOCC3)nc2)nc2c1ncn2CCN1CCCC1=O. The summed E-state index contributed by atoms with van der Waals surface area (Å²) in [6, 6.07) is 4.01. The van der Waals surface area contributed by atoms with Gasteiger partial charge in [-0.15, -0.1) is 0 Å². The fourth-order valence-electron chi connectivity index (χ4n) is 5.44. The van der Waals surface area contributed by atoms with Crippen molar-refractivity contribution in [2.24, 2.45) is 0 Å². The fraction of sp³-hybridized carbons (Fsp3) is 0.556. The Morgan fingerprint density at radius 1 is 0.872 bits per heavy atom. The minimum absolute atomic E-state index is 0.208. The maximum Gasteiger partial charge on any atom is 0.222 e. The van der Waals surface area contributed by atoms with Crippen molar-refractivity contribution in [2.45, 2.75) is 38.6 Å². The summed E-state index contributed by atoms with van der Waals surface area (Å²) in [5.41, 5.74) is 2.24. The van der Waals surface area contributed by atoms with Crippen LogP contribution < -0.4 is 10.2 Å². The maximum absolute atomic E-state index is 12.1. The predicted molar refractivity (Wildman–Crippen MR) is 146 cm³/mol. The van der Waals surface area contributed by atoms with E-state index in [0.717, 1.165) is 69.0 Å². The molecule has 3 aliphatic heterocycles. The largest absolute Gasteiger partial charge is 0.378 e. The van der Waals surface area contributed by atoms with E-state index in [0.29, 0.717) is 62.8 Å². The first-order valence-electron chi connectivity index (χ1n) is 14.0. The third-order valence-electron chi connectivity index (χ3n) is 7.66. The standard InChI is InChI=1S/C27H35N9O3/c37-22-4-1-9-34(22)11-3-8-28-26-24-27(36(19-30-24)13-12-35-10-2-5-23(35)38)32-25(31-26)20-6-7-21(29-18-20)33-14-16-39-17-15-33/h6-7,18-19H,1-5,8-17H2,(H,28,31,32). The molecule has 0 radical (unpaired) electrons. The fourth-order valence-corrected chi connectivity index (χ4v) is 5.44. The number of likely N-dealkylation sites (tertiary alicyclic amines) is 2. The Morgan fingerprint density at radius 2 is 1.64 bits per heavy atom. The van der Waals surface area contributed by atoms with Crippen molar-refractivity contribution in [3.05, 3.63) is 24.7 Å². The molecule has 0 aliphatic carbocycles. The van der Waals surface area contributed by atoms with Gasteiger partial charge in [0, 0.05) is 77.0 Å². The van der Waals surface area contributed by atoms with Crippen LogP contribution in [0.4, 0.5) is 11.6 Å². The summed E-state index contributed by atoms with van der Waals surface area (Å²) >= 11 is 0. The van der Waals surface area contributed by atoms with Gasteiger partial charge in [0.1, 0.15) is 11.3 Å². The zero-order valence-electron chi connectivity index (χ0n) is 22.2. The highest BCUT2D eigenvalue weighted by Gasteiger charge is 2.22. The number of amides is 2.